The van der Waals surface area contributed by atoms with E-state index in [0.29, 0.717) is 0 Å². The van der Waals surface area contributed by atoms with Crippen LogP contribution in [-0.2, 0) is 0 Å². The summed E-state index contributed by atoms with van der Waals surface area (Å²) >= 11 is 0. The zero-order valence-electron chi connectivity index (χ0n) is 14.4. The van der Waals surface area contributed by atoms with E-state index in [1.54, 1.807) is 19.3 Å². The molecule has 4 fully saturated rings. The molecule has 2 nitrogen and oxygen atoms in total. The molecule has 120 valence electrons. The highest BCUT2D eigenvalue weighted by Crippen LogP contribution is 2.67. The van der Waals surface area contributed by atoms with Gasteiger partial charge in [0.05, 0.1) is 0 Å². The van der Waals surface area contributed by atoms with E-state index in [2.05, 4.69) is 37.9 Å². The second-order valence-electron chi connectivity index (χ2n) is 9.22. The third kappa shape index (κ3) is 2.37. The quantitative estimate of drug-likeness (QED) is 0.854. The summed E-state index contributed by atoms with van der Waals surface area (Å²) in [5.41, 5.74) is 0. The molecule has 0 radical (unpaired) electrons. The predicted octanol–water partition coefficient (Wildman–Crippen LogP) is 3.38. The molecule has 4 rings (SSSR count). The van der Waals surface area contributed by atoms with Crippen LogP contribution in [0.1, 0.15) is 53.4 Å². The SMILES string of the molecule is CC(C)CC1CN(C2C3C4CCC(C4)C32)C(C(C)C)CN1. The molecule has 1 saturated heterocycles. The van der Waals surface area contributed by atoms with Crippen molar-refractivity contribution in [2.24, 2.45) is 35.5 Å². The molecule has 1 heterocycles. The van der Waals surface area contributed by atoms with Gasteiger partial charge >= 0.3 is 0 Å². The Kier molecular flexibility index (Phi) is 3.61. The van der Waals surface area contributed by atoms with E-state index >= 15 is 0 Å². The maximum Gasteiger partial charge on any atom is 0.0247 e. The first-order chi connectivity index (χ1) is 10.1. The highest BCUT2D eigenvalue weighted by atomic mass is 15.3. The van der Waals surface area contributed by atoms with Gasteiger partial charge in [-0.1, -0.05) is 27.7 Å². The number of nitrogens with one attached hydrogen (secondary N) is 1. The Labute approximate surface area is 131 Å². The van der Waals surface area contributed by atoms with E-state index in [0.717, 1.165) is 53.6 Å². The lowest BCUT2D eigenvalue weighted by Gasteiger charge is -2.44. The summed E-state index contributed by atoms with van der Waals surface area (Å²) in [6.45, 7) is 12.1. The number of piperazine rings is 1. The van der Waals surface area contributed by atoms with Crippen LogP contribution < -0.4 is 5.32 Å². The first kappa shape index (κ1) is 14.5. The highest BCUT2D eigenvalue weighted by molar-refractivity contribution is 5.18. The van der Waals surface area contributed by atoms with Gasteiger partial charge in [0.1, 0.15) is 0 Å². The van der Waals surface area contributed by atoms with E-state index in [9.17, 15) is 0 Å². The summed E-state index contributed by atoms with van der Waals surface area (Å²) < 4.78 is 0. The number of hydrogen-bond donors (Lipinski definition) is 1. The minimum Gasteiger partial charge on any atom is -0.311 e. The molecule has 0 aromatic carbocycles. The lowest BCUT2D eigenvalue weighted by Crippen LogP contribution is -2.59. The largest absolute Gasteiger partial charge is 0.311 e. The zero-order chi connectivity index (χ0) is 14.7. The number of hydrogen-bond acceptors (Lipinski definition) is 2. The number of nitrogens with zero attached hydrogens (tertiary/aromatic N) is 1. The van der Waals surface area contributed by atoms with Crippen molar-refractivity contribution in [3.8, 4) is 0 Å². The third-order valence-corrected chi connectivity index (χ3v) is 7.08. The average Bonchev–Trinajstić information content (AvgIpc) is 2.85. The van der Waals surface area contributed by atoms with E-state index in [4.69, 9.17) is 0 Å². The first-order valence-electron chi connectivity index (χ1n) is 9.55. The van der Waals surface area contributed by atoms with E-state index in [1.165, 1.54) is 19.5 Å². The molecule has 6 atom stereocenters. The van der Waals surface area contributed by atoms with Gasteiger partial charge in [0.15, 0.2) is 0 Å². The molecule has 21 heavy (non-hydrogen) atoms. The van der Waals surface area contributed by atoms with Gasteiger partial charge in [-0.2, -0.15) is 0 Å². The van der Waals surface area contributed by atoms with Crippen LogP contribution in [0.2, 0.25) is 0 Å². The van der Waals surface area contributed by atoms with Crippen LogP contribution in [0.4, 0.5) is 0 Å². The van der Waals surface area contributed by atoms with E-state index < -0.39 is 0 Å². The Hall–Kier alpha value is -0.0800. The van der Waals surface area contributed by atoms with Crippen LogP contribution in [0.5, 0.6) is 0 Å². The molecule has 0 aromatic rings. The van der Waals surface area contributed by atoms with Crippen molar-refractivity contribution in [1.29, 1.82) is 0 Å². The van der Waals surface area contributed by atoms with Gasteiger partial charge in [-0.3, -0.25) is 4.90 Å². The van der Waals surface area contributed by atoms with Gasteiger partial charge < -0.3 is 5.32 Å². The molecule has 1 N–H and O–H groups in total. The average molecular weight is 290 g/mol. The fourth-order valence-electron chi connectivity index (χ4n) is 6.27. The molecule has 3 aliphatic carbocycles. The Balaban J connectivity index is 1.47. The third-order valence-electron chi connectivity index (χ3n) is 7.08. The van der Waals surface area contributed by atoms with Crippen molar-refractivity contribution in [2.45, 2.75) is 71.5 Å². The molecular weight excluding hydrogens is 256 g/mol. The van der Waals surface area contributed by atoms with Gasteiger partial charge in [-0.05, 0) is 61.2 Å². The predicted molar refractivity (Wildman–Crippen MR) is 88.2 cm³/mol. The summed E-state index contributed by atoms with van der Waals surface area (Å²) in [5.74, 6) is 6.02. The summed E-state index contributed by atoms with van der Waals surface area (Å²) in [5, 5.41) is 3.86. The highest BCUT2D eigenvalue weighted by Gasteiger charge is 2.67. The maximum absolute atomic E-state index is 3.86. The Morgan fingerprint density at radius 2 is 1.71 bits per heavy atom. The van der Waals surface area contributed by atoms with Crippen LogP contribution in [0, 0.1) is 35.5 Å². The molecule has 4 aliphatic rings. The number of fused-ring (bicyclic) bond motifs is 5. The van der Waals surface area contributed by atoms with E-state index in [1.807, 2.05) is 0 Å². The van der Waals surface area contributed by atoms with E-state index in [-0.39, 0.29) is 0 Å². The van der Waals surface area contributed by atoms with Gasteiger partial charge in [0.25, 0.3) is 0 Å². The van der Waals surface area contributed by atoms with Gasteiger partial charge in [0, 0.05) is 31.2 Å². The smallest absolute Gasteiger partial charge is 0.0247 e. The lowest BCUT2D eigenvalue weighted by molar-refractivity contribution is 0.0682. The summed E-state index contributed by atoms with van der Waals surface area (Å²) in [7, 11) is 0. The normalized spacial score (nSPS) is 49.1. The number of rotatable bonds is 4. The van der Waals surface area contributed by atoms with Crippen molar-refractivity contribution in [3.63, 3.8) is 0 Å². The van der Waals surface area contributed by atoms with Crippen LogP contribution in [0.15, 0.2) is 0 Å². The van der Waals surface area contributed by atoms with Gasteiger partial charge in [-0.25, -0.2) is 0 Å². The second-order valence-corrected chi connectivity index (χ2v) is 9.22. The van der Waals surface area contributed by atoms with Gasteiger partial charge in [0.2, 0.25) is 0 Å². The molecule has 0 aromatic heterocycles. The Bertz CT molecular complexity index is 375. The second kappa shape index (κ2) is 5.23. The summed E-state index contributed by atoms with van der Waals surface area (Å²) in [4.78, 5) is 2.98. The van der Waals surface area contributed by atoms with Crippen molar-refractivity contribution in [1.82, 2.24) is 10.2 Å². The Morgan fingerprint density at radius 3 is 2.29 bits per heavy atom. The fourth-order valence-corrected chi connectivity index (χ4v) is 6.27. The maximum atomic E-state index is 3.86. The molecule has 2 heteroatoms. The minimum atomic E-state index is 0.735. The topological polar surface area (TPSA) is 15.3 Å². The van der Waals surface area contributed by atoms with Crippen LogP contribution in [0.3, 0.4) is 0 Å². The fraction of sp³-hybridized carbons (Fsp3) is 1.00. The molecule has 0 amide bonds. The Morgan fingerprint density at radius 1 is 1.05 bits per heavy atom. The minimum absolute atomic E-state index is 0.735. The zero-order valence-corrected chi connectivity index (χ0v) is 14.4. The molecule has 6 unspecified atom stereocenters. The van der Waals surface area contributed by atoms with Crippen LogP contribution in [-0.4, -0.2) is 36.1 Å². The molecular formula is C19H34N2. The summed E-state index contributed by atoms with van der Waals surface area (Å²) in [6.07, 6.45) is 6.03. The van der Waals surface area contributed by atoms with Crippen molar-refractivity contribution in [2.75, 3.05) is 13.1 Å². The lowest BCUT2D eigenvalue weighted by atomic mass is 9.93. The van der Waals surface area contributed by atoms with Gasteiger partial charge in [-0.15, -0.1) is 0 Å². The van der Waals surface area contributed by atoms with Crippen LogP contribution >= 0.6 is 0 Å². The molecule has 3 saturated carbocycles. The molecule has 1 aliphatic heterocycles. The van der Waals surface area contributed by atoms with Crippen molar-refractivity contribution >= 4 is 0 Å². The van der Waals surface area contributed by atoms with Crippen LogP contribution in [0.25, 0.3) is 0 Å². The van der Waals surface area contributed by atoms with Crippen molar-refractivity contribution < 1.29 is 0 Å². The van der Waals surface area contributed by atoms with Crippen molar-refractivity contribution in [3.05, 3.63) is 0 Å². The summed E-state index contributed by atoms with van der Waals surface area (Å²) in [6, 6.07) is 2.49. The first-order valence-corrected chi connectivity index (χ1v) is 9.55. The standard InChI is InChI=1S/C19H34N2/c1-11(2)7-15-10-21(16(9-20-15)12(3)4)19-17-13-5-6-14(8-13)18(17)19/h11-20H,5-10H2,1-4H3. The monoisotopic (exact) mass is 290 g/mol. The molecule has 2 bridgehead atoms. The molecule has 0 spiro atoms.